The monoisotopic (exact) mass is 812 g/mol. The summed E-state index contributed by atoms with van der Waals surface area (Å²) in [5, 5.41) is 13.1. The maximum absolute atomic E-state index is 3.06. The van der Waals surface area contributed by atoms with Crippen molar-refractivity contribution in [3.8, 4) is 33.4 Å². The minimum atomic E-state index is 0. The van der Waals surface area contributed by atoms with Crippen molar-refractivity contribution in [2.75, 3.05) is 0 Å². The molecule has 2 radical (unpaired) electrons. The predicted octanol–water partition coefficient (Wildman–Crippen LogP) is 15.5. The minimum absolute atomic E-state index is 0. The van der Waals surface area contributed by atoms with Crippen molar-refractivity contribution in [1.82, 2.24) is 0 Å². The molecule has 274 valence electrons. The average Bonchev–Trinajstić information content (AvgIpc) is 3.84. The molecule has 0 bridgehead atoms. The molecule has 10 rings (SSSR count). The van der Waals surface area contributed by atoms with Gasteiger partial charge in [-0.05, 0) is 54.9 Å². The van der Waals surface area contributed by atoms with Gasteiger partial charge in [0.15, 0.2) is 0 Å². The van der Waals surface area contributed by atoms with Gasteiger partial charge in [0.2, 0.25) is 0 Å². The Balaban J connectivity index is 0.000000183. The van der Waals surface area contributed by atoms with Crippen LogP contribution in [0.3, 0.4) is 0 Å². The van der Waals surface area contributed by atoms with Crippen LogP contribution < -0.4 is 0 Å². The molecule has 0 atom stereocenters. The summed E-state index contributed by atoms with van der Waals surface area (Å²) in [6.45, 7) is 9.76. The number of aryl methyl sites for hydroxylation is 1. The van der Waals surface area contributed by atoms with Crippen LogP contribution in [-0.2, 0) is 23.3 Å². The van der Waals surface area contributed by atoms with E-state index in [4.69, 9.17) is 0 Å². The Hall–Kier alpha value is -5.14. The molecule has 2 heteroatoms. The Morgan fingerprint density at radius 2 is 0.839 bits per heavy atom. The van der Waals surface area contributed by atoms with Crippen LogP contribution >= 0.6 is 0 Å². The van der Waals surface area contributed by atoms with E-state index in [0.29, 0.717) is 5.92 Å². The van der Waals surface area contributed by atoms with E-state index in [9.17, 15) is 0 Å². The zero-order valence-electron chi connectivity index (χ0n) is 32.9. The third kappa shape index (κ3) is 7.79. The SMILES string of the molecule is CC(C)c1cc2c(-c3cccc4ccccc34)cccc2[cH-]1.Cc1cc2c(-c3cccc4ccccc34)cc(-c3cccc4ccccc34)cc2[cH-]1.[CH3-].[CH3-].[Si]=[Zr]. The first-order valence-corrected chi connectivity index (χ1v) is 22.8. The second-order valence-electron chi connectivity index (χ2n) is 14.4. The summed E-state index contributed by atoms with van der Waals surface area (Å²) < 4.78 is 0. The second kappa shape index (κ2) is 17.8. The van der Waals surface area contributed by atoms with E-state index in [0.717, 1.165) is 0 Å². The van der Waals surface area contributed by atoms with Crippen molar-refractivity contribution in [2.45, 2.75) is 26.7 Å². The third-order valence-corrected chi connectivity index (χ3v) is 10.7. The van der Waals surface area contributed by atoms with E-state index in [1.165, 1.54) is 122 Å². The number of rotatable bonds is 4. The van der Waals surface area contributed by atoms with Crippen LogP contribution in [0, 0.1) is 21.8 Å². The Morgan fingerprint density at radius 3 is 1.39 bits per heavy atom. The van der Waals surface area contributed by atoms with Gasteiger partial charge in [-0.15, -0.1) is 63.0 Å². The molecule has 56 heavy (non-hydrogen) atoms. The number of benzene rings is 8. The molecule has 0 aliphatic carbocycles. The van der Waals surface area contributed by atoms with Gasteiger partial charge in [0, 0.05) is 0 Å². The van der Waals surface area contributed by atoms with Crippen molar-refractivity contribution in [2.24, 2.45) is 0 Å². The molecule has 0 aliphatic heterocycles. The van der Waals surface area contributed by atoms with Gasteiger partial charge < -0.3 is 14.9 Å². The molecule has 0 spiro atoms. The quantitative estimate of drug-likeness (QED) is 0.123. The molecular formula is C54H46SiZr-4. The van der Waals surface area contributed by atoms with Gasteiger partial charge in [-0.25, -0.2) is 0 Å². The van der Waals surface area contributed by atoms with Crippen LogP contribution in [0.4, 0.5) is 0 Å². The van der Waals surface area contributed by atoms with Crippen LogP contribution in [0.15, 0.2) is 182 Å². The number of hydrogen-bond acceptors (Lipinski definition) is 0. The molecule has 10 aromatic rings. The second-order valence-corrected chi connectivity index (χ2v) is 14.4. The molecule has 0 amide bonds. The zero-order chi connectivity index (χ0) is 37.2. The summed E-state index contributed by atoms with van der Waals surface area (Å²) in [4.78, 5) is 0. The Morgan fingerprint density at radius 1 is 0.411 bits per heavy atom. The average molecular weight is 814 g/mol. The van der Waals surface area contributed by atoms with Gasteiger partial charge in [0.05, 0.1) is 0 Å². The van der Waals surface area contributed by atoms with E-state index < -0.39 is 0 Å². The molecule has 0 aliphatic rings. The summed E-state index contributed by atoms with van der Waals surface area (Å²) in [5.74, 6) is 0.563. The molecule has 0 nitrogen and oxygen atoms in total. The molecule has 0 fully saturated rings. The maximum atomic E-state index is 3.06. The fraction of sp³-hybridized carbons (Fsp3) is 0.0741. The first kappa shape index (κ1) is 40.5. The van der Waals surface area contributed by atoms with Crippen LogP contribution in [0.25, 0.3) is 87.2 Å². The molecule has 0 heterocycles. The molecule has 0 saturated carbocycles. The van der Waals surface area contributed by atoms with Gasteiger partial charge in [-0.1, -0.05) is 177 Å². The van der Waals surface area contributed by atoms with Crippen LogP contribution in [0.5, 0.6) is 0 Å². The van der Waals surface area contributed by atoms with Gasteiger partial charge in [-0.2, -0.15) is 12.1 Å². The normalized spacial score (nSPS) is 10.8. The Kier molecular flexibility index (Phi) is 12.9. The van der Waals surface area contributed by atoms with Crippen LogP contribution in [0.1, 0.15) is 30.9 Å². The van der Waals surface area contributed by atoms with E-state index in [-0.39, 0.29) is 14.9 Å². The van der Waals surface area contributed by atoms with Crippen LogP contribution in [0.2, 0.25) is 0 Å². The van der Waals surface area contributed by atoms with E-state index in [2.05, 4.69) is 210 Å². The van der Waals surface area contributed by atoms with Gasteiger partial charge in [0.25, 0.3) is 0 Å². The van der Waals surface area contributed by atoms with E-state index in [1.807, 2.05) is 0 Å². The molecule has 0 aromatic heterocycles. The van der Waals surface area contributed by atoms with E-state index >= 15 is 0 Å². The first-order chi connectivity index (χ1) is 26.5. The number of fused-ring (bicyclic) bond motifs is 5. The summed E-state index contributed by atoms with van der Waals surface area (Å²) in [7, 11) is 0. The van der Waals surface area contributed by atoms with Crippen molar-refractivity contribution >= 4 is 60.7 Å². The zero-order valence-corrected chi connectivity index (χ0v) is 36.4. The van der Waals surface area contributed by atoms with Crippen molar-refractivity contribution < 1.29 is 23.3 Å². The Bertz CT molecular complexity index is 2910. The summed E-state index contributed by atoms with van der Waals surface area (Å²) in [6, 6.07) is 66.4. The van der Waals surface area contributed by atoms with Gasteiger partial charge >= 0.3 is 30.2 Å². The van der Waals surface area contributed by atoms with Gasteiger partial charge in [-0.3, -0.25) is 0 Å². The van der Waals surface area contributed by atoms with E-state index in [1.54, 1.807) is 0 Å². The molecule has 0 N–H and O–H groups in total. The fourth-order valence-electron chi connectivity index (χ4n) is 8.07. The molecular weight excluding hydrogens is 768 g/mol. The first-order valence-electron chi connectivity index (χ1n) is 18.6. The van der Waals surface area contributed by atoms with Gasteiger partial charge in [0.1, 0.15) is 0 Å². The predicted molar refractivity (Wildman–Crippen MR) is 245 cm³/mol. The van der Waals surface area contributed by atoms with Crippen molar-refractivity contribution in [3.63, 3.8) is 0 Å². The number of hydrogen-bond donors (Lipinski definition) is 0. The topological polar surface area (TPSA) is 0 Å². The molecule has 10 aromatic carbocycles. The summed E-state index contributed by atoms with van der Waals surface area (Å²) in [6.07, 6.45) is 0. The third-order valence-electron chi connectivity index (χ3n) is 10.7. The summed E-state index contributed by atoms with van der Waals surface area (Å²) in [5.41, 5.74) is 10.5. The van der Waals surface area contributed by atoms with Crippen molar-refractivity contribution in [3.05, 3.63) is 208 Å². The van der Waals surface area contributed by atoms with Crippen molar-refractivity contribution in [1.29, 1.82) is 0 Å². The summed E-state index contributed by atoms with van der Waals surface area (Å²) >= 11 is 1.36. The molecule has 0 saturated heterocycles. The van der Waals surface area contributed by atoms with Crippen LogP contribution in [-0.4, -0.2) is 6.88 Å². The fourth-order valence-corrected chi connectivity index (χ4v) is 8.07. The molecule has 0 unspecified atom stereocenters. The standard InChI is InChI=1S/C30H21.C22H19.2CH3.Si.Zr/c1-20-16-23-18-24(27-14-6-10-21-8-2-4-12-25(21)27)19-30(29(23)17-20)28-15-7-11-22-9-3-5-13-26(22)28;1-15(2)18-13-17-9-6-12-21(22(17)14-18)20-11-5-8-16-7-3-4-10-19(16)20;;;;/h2-19H,1H3;3-15H,1-2H3;2*1H3;;/q4*-1;;. The Labute approximate surface area is 349 Å².